The SMILES string of the molecule is CC12CCC(=O)C=C1CCC1C2[C@@H](O)CC2(C)C1CC[C@]2(O)C(=O)CSc1ccc(Cl)c(Cl)c1. The van der Waals surface area contributed by atoms with Gasteiger partial charge in [-0.05, 0) is 86.0 Å². The number of thioether (sulfide) groups is 1. The summed E-state index contributed by atoms with van der Waals surface area (Å²) >= 11 is 13.5. The van der Waals surface area contributed by atoms with Crippen molar-refractivity contribution in [2.24, 2.45) is 28.6 Å². The molecule has 3 fully saturated rings. The van der Waals surface area contributed by atoms with E-state index < -0.39 is 17.1 Å². The van der Waals surface area contributed by atoms with Gasteiger partial charge in [0, 0.05) is 16.7 Å². The van der Waals surface area contributed by atoms with E-state index >= 15 is 0 Å². The van der Waals surface area contributed by atoms with Crippen LogP contribution in [0, 0.1) is 28.6 Å². The van der Waals surface area contributed by atoms with E-state index in [2.05, 4.69) is 6.92 Å². The molecule has 0 aliphatic heterocycles. The molecule has 4 aliphatic carbocycles. The number of carbonyl (C=O) groups excluding carboxylic acids is 2. The monoisotopic (exact) mass is 522 g/mol. The zero-order valence-electron chi connectivity index (χ0n) is 19.7. The van der Waals surface area contributed by atoms with Gasteiger partial charge in [0.25, 0.3) is 0 Å². The Morgan fingerprint density at radius 2 is 1.91 bits per heavy atom. The van der Waals surface area contributed by atoms with Gasteiger partial charge in [-0.2, -0.15) is 0 Å². The molecule has 5 rings (SSSR count). The van der Waals surface area contributed by atoms with Crippen molar-refractivity contribution < 1.29 is 19.8 Å². The first kappa shape index (κ1) is 24.8. The number of rotatable bonds is 4. The van der Waals surface area contributed by atoms with Gasteiger partial charge in [0.2, 0.25) is 0 Å². The van der Waals surface area contributed by atoms with E-state index in [9.17, 15) is 19.8 Å². The van der Waals surface area contributed by atoms with Crippen LogP contribution in [0.25, 0.3) is 0 Å². The average Bonchev–Trinajstić information content (AvgIpc) is 3.06. The van der Waals surface area contributed by atoms with Crippen LogP contribution in [0.1, 0.15) is 58.8 Å². The van der Waals surface area contributed by atoms with Crippen LogP contribution in [0.15, 0.2) is 34.7 Å². The highest BCUT2D eigenvalue weighted by Gasteiger charge is 2.68. The lowest BCUT2D eigenvalue weighted by molar-refractivity contribution is -0.178. The van der Waals surface area contributed by atoms with E-state index in [0.717, 1.165) is 30.6 Å². The Hall–Kier alpha value is -0.850. The third-order valence-corrected chi connectivity index (χ3v) is 11.5. The number of hydrogen-bond donors (Lipinski definition) is 2. The molecule has 184 valence electrons. The van der Waals surface area contributed by atoms with Crippen LogP contribution in [0.2, 0.25) is 10.0 Å². The minimum absolute atomic E-state index is 0.0710. The normalized spacial score (nSPS) is 41.4. The van der Waals surface area contributed by atoms with Gasteiger partial charge in [-0.1, -0.05) is 42.6 Å². The maximum absolute atomic E-state index is 13.5. The van der Waals surface area contributed by atoms with Crippen LogP contribution < -0.4 is 0 Å². The highest BCUT2D eigenvalue weighted by molar-refractivity contribution is 8.00. The Morgan fingerprint density at radius 1 is 1.15 bits per heavy atom. The first-order valence-corrected chi connectivity index (χ1v) is 14.0. The lowest BCUT2D eigenvalue weighted by Gasteiger charge is -2.60. The van der Waals surface area contributed by atoms with Crippen LogP contribution in [0.5, 0.6) is 0 Å². The summed E-state index contributed by atoms with van der Waals surface area (Å²) in [7, 11) is 0. The highest BCUT2D eigenvalue weighted by atomic mass is 35.5. The molecule has 34 heavy (non-hydrogen) atoms. The fourth-order valence-electron chi connectivity index (χ4n) is 7.99. The topological polar surface area (TPSA) is 74.6 Å². The molecule has 0 aromatic heterocycles. The van der Waals surface area contributed by atoms with Gasteiger partial charge < -0.3 is 10.2 Å². The fraction of sp³-hybridized carbons (Fsp3) is 0.630. The summed E-state index contributed by atoms with van der Waals surface area (Å²) in [6.07, 6.45) is 5.94. The lowest BCUT2D eigenvalue weighted by atomic mass is 9.45. The molecule has 4 nitrogen and oxygen atoms in total. The third-order valence-electron chi connectivity index (χ3n) is 9.77. The molecule has 1 aromatic rings. The highest BCUT2D eigenvalue weighted by Crippen LogP contribution is 2.67. The molecule has 4 aliphatic rings. The van der Waals surface area contributed by atoms with Gasteiger partial charge in [-0.3, -0.25) is 9.59 Å². The molecule has 3 saturated carbocycles. The van der Waals surface area contributed by atoms with Gasteiger partial charge in [-0.25, -0.2) is 0 Å². The number of halogens is 2. The largest absolute Gasteiger partial charge is 0.393 e. The number of aliphatic hydroxyl groups is 2. The smallest absolute Gasteiger partial charge is 0.175 e. The summed E-state index contributed by atoms with van der Waals surface area (Å²) in [5.74, 6) is 0.663. The van der Waals surface area contributed by atoms with Crippen molar-refractivity contribution in [2.75, 3.05) is 5.75 Å². The molecule has 0 heterocycles. The van der Waals surface area contributed by atoms with E-state index in [-0.39, 0.29) is 40.5 Å². The van der Waals surface area contributed by atoms with Crippen molar-refractivity contribution in [1.82, 2.24) is 0 Å². The minimum atomic E-state index is -1.45. The average molecular weight is 524 g/mol. The van der Waals surface area contributed by atoms with Crippen molar-refractivity contribution >= 4 is 46.5 Å². The van der Waals surface area contributed by atoms with E-state index in [4.69, 9.17) is 23.2 Å². The zero-order valence-corrected chi connectivity index (χ0v) is 22.0. The van der Waals surface area contributed by atoms with E-state index in [0.29, 0.717) is 29.3 Å². The van der Waals surface area contributed by atoms with Crippen molar-refractivity contribution in [3.8, 4) is 0 Å². The van der Waals surface area contributed by atoms with E-state index in [1.807, 2.05) is 19.1 Å². The number of ketones is 2. The molecule has 1 aromatic carbocycles. The van der Waals surface area contributed by atoms with Crippen LogP contribution in [0.4, 0.5) is 0 Å². The second kappa shape index (κ2) is 8.62. The number of aliphatic hydroxyl groups excluding tert-OH is 1. The van der Waals surface area contributed by atoms with Gasteiger partial charge in [-0.15, -0.1) is 11.8 Å². The van der Waals surface area contributed by atoms with Crippen molar-refractivity contribution in [3.63, 3.8) is 0 Å². The van der Waals surface area contributed by atoms with Gasteiger partial charge in [0.05, 0.1) is 21.9 Å². The summed E-state index contributed by atoms with van der Waals surface area (Å²) in [5.41, 5.74) is -1.10. The van der Waals surface area contributed by atoms with Gasteiger partial charge >= 0.3 is 0 Å². The molecule has 0 bridgehead atoms. The first-order chi connectivity index (χ1) is 16.0. The van der Waals surface area contributed by atoms with Crippen molar-refractivity contribution in [3.05, 3.63) is 39.9 Å². The minimum Gasteiger partial charge on any atom is -0.393 e. The molecule has 5 unspecified atom stereocenters. The number of fused-ring (bicyclic) bond motifs is 5. The Morgan fingerprint density at radius 3 is 2.65 bits per heavy atom. The quantitative estimate of drug-likeness (QED) is 0.482. The second-order valence-corrected chi connectivity index (χ2v) is 13.1. The summed E-state index contributed by atoms with van der Waals surface area (Å²) < 4.78 is 0. The Balaban J connectivity index is 1.38. The first-order valence-electron chi connectivity index (χ1n) is 12.2. The van der Waals surface area contributed by atoms with Gasteiger partial charge in [0.15, 0.2) is 11.6 Å². The molecule has 0 amide bonds. The number of Topliss-reactive ketones (excluding diaryl/α,β-unsaturated/α-hetero) is 1. The fourth-order valence-corrected chi connectivity index (χ4v) is 9.25. The number of allylic oxidation sites excluding steroid dienone is 1. The molecular formula is C27H32Cl2O4S. The molecular weight excluding hydrogens is 491 g/mol. The van der Waals surface area contributed by atoms with E-state index in [1.54, 1.807) is 12.1 Å². The summed E-state index contributed by atoms with van der Waals surface area (Å²) in [6.45, 7) is 4.23. The second-order valence-electron chi connectivity index (χ2n) is 11.3. The Kier molecular flexibility index (Phi) is 6.30. The van der Waals surface area contributed by atoms with Crippen LogP contribution in [0.3, 0.4) is 0 Å². The van der Waals surface area contributed by atoms with E-state index in [1.165, 1.54) is 17.3 Å². The number of carbonyl (C=O) groups is 2. The predicted octanol–water partition coefficient (Wildman–Crippen LogP) is 5.89. The predicted molar refractivity (Wildman–Crippen MR) is 135 cm³/mol. The summed E-state index contributed by atoms with van der Waals surface area (Å²) in [4.78, 5) is 26.4. The maximum Gasteiger partial charge on any atom is 0.175 e. The van der Waals surface area contributed by atoms with Crippen LogP contribution in [-0.2, 0) is 9.59 Å². The molecule has 7 heteroatoms. The molecule has 0 radical (unpaired) electrons. The van der Waals surface area contributed by atoms with Gasteiger partial charge in [0.1, 0.15) is 5.60 Å². The summed E-state index contributed by atoms with van der Waals surface area (Å²) in [5, 5.41) is 24.3. The Labute approximate surface area is 215 Å². The lowest BCUT2D eigenvalue weighted by Crippen LogP contribution is -2.61. The van der Waals surface area contributed by atoms with Crippen LogP contribution >= 0.6 is 35.0 Å². The molecule has 0 saturated heterocycles. The molecule has 0 spiro atoms. The summed E-state index contributed by atoms with van der Waals surface area (Å²) in [6, 6.07) is 5.27. The maximum atomic E-state index is 13.5. The molecule has 2 N–H and O–H groups in total. The van der Waals surface area contributed by atoms with Crippen molar-refractivity contribution in [1.29, 1.82) is 0 Å². The zero-order chi connectivity index (χ0) is 24.5. The standard InChI is InChI=1S/C27H32Cl2O4S/c1-25-9-7-16(30)11-15(25)3-5-18-19-8-10-27(33,26(19,2)13-22(31)24(18)25)23(32)14-34-17-4-6-20(28)21(29)12-17/h4,6,11-12,18-19,22,24,31,33H,3,5,7-10,13-14H2,1-2H3/t18?,19?,22-,24?,25?,26?,27-/m0/s1. The number of benzene rings is 1. The van der Waals surface area contributed by atoms with Crippen LogP contribution in [-0.4, -0.2) is 39.2 Å². The molecule has 7 atom stereocenters. The van der Waals surface area contributed by atoms with Crippen molar-refractivity contribution in [2.45, 2.75) is 75.4 Å². The Bertz CT molecular complexity index is 1070. The third kappa shape index (κ3) is 3.64. The number of hydrogen-bond acceptors (Lipinski definition) is 5.